The number of amides is 1. The molecule has 1 atom stereocenters. The van der Waals surface area contributed by atoms with E-state index in [1.807, 2.05) is 25.1 Å². The average Bonchev–Trinajstić information content (AvgIpc) is 2.38. The van der Waals surface area contributed by atoms with Gasteiger partial charge in [0.25, 0.3) is 0 Å². The highest BCUT2D eigenvalue weighted by Crippen LogP contribution is 2.34. The zero-order valence-electron chi connectivity index (χ0n) is 11.8. The van der Waals surface area contributed by atoms with Crippen LogP contribution in [-0.2, 0) is 14.8 Å². The first kappa shape index (κ1) is 14.8. The summed E-state index contributed by atoms with van der Waals surface area (Å²) in [7, 11) is -3.28. The van der Waals surface area contributed by atoms with E-state index in [9.17, 15) is 13.2 Å². The van der Waals surface area contributed by atoms with Gasteiger partial charge in [-0.15, -0.1) is 0 Å². The maximum atomic E-state index is 11.8. The third-order valence-electron chi connectivity index (χ3n) is 3.41. The fourth-order valence-corrected chi connectivity index (χ4v) is 3.48. The maximum absolute atomic E-state index is 11.8. The van der Waals surface area contributed by atoms with Crippen molar-refractivity contribution in [2.75, 3.05) is 17.1 Å². The predicted octanol–water partition coefficient (Wildman–Crippen LogP) is 1.81. The molecular formula is C14H20N2O3S. The van der Waals surface area contributed by atoms with Crippen LogP contribution in [0.2, 0.25) is 0 Å². The van der Waals surface area contributed by atoms with Gasteiger partial charge in [0.15, 0.2) is 0 Å². The van der Waals surface area contributed by atoms with E-state index < -0.39 is 10.0 Å². The zero-order chi connectivity index (χ0) is 14.8. The average molecular weight is 296 g/mol. The molecule has 0 aliphatic carbocycles. The normalized spacial score (nSPS) is 18.5. The van der Waals surface area contributed by atoms with Crippen LogP contribution in [0.25, 0.3) is 0 Å². The first-order valence-electron chi connectivity index (χ1n) is 6.79. The van der Waals surface area contributed by atoms with Gasteiger partial charge in [-0.1, -0.05) is 25.1 Å². The number of carbonyl (C=O) groups excluding carboxylic acids is 1. The van der Waals surface area contributed by atoms with Crippen molar-refractivity contribution in [3.8, 4) is 0 Å². The minimum absolute atomic E-state index is 0.0140. The molecule has 0 spiro atoms. The van der Waals surface area contributed by atoms with Crippen LogP contribution >= 0.6 is 0 Å². The predicted molar refractivity (Wildman–Crippen MR) is 79.0 cm³/mol. The molecule has 110 valence electrons. The summed E-state index contributed by atoms with van der Waals surface area (Å²) in [6.07, 6.45) is 3.10. The van der Waals surface area contributed by atoms with E-state index in [1.54, 1.807) is 6.07 Å². The minimum atomic E-state index is -3.28. The number of anilines is 1. The monoisotopic (exact) mass is 296 g/mol. The van der Waals surface area contributed by atoms with E-state index in [1.165, 1.54) is 10.6 Å². The van der Waals surface area contributed by atoms with E-state index in [0.29, 0.717) is 25.1 Å². The molecule has 0 fully saturated rings. The van der Waals surface area contributed by atoms with Crippen molar-refractivity contribution in [2.45, 2.75) is 32.2 Å². The van der Waals surface area contributed by atoms with Crippen LogP contribution < -0.4 is 9.62 Å². The summed E-state index contributed by atoms with van der Waals surface area (Å²) >= 11 is 0. The van der Waals surface area contributed by atoms with E-state index >= 15 is 0 Å². The molecule has 2 rings (SSSR count). The van der Waals surface area contributed by atoms with Gasteiger partial charge in [0.2, 0.25) is 15.9 Å². The summed E-state index contributed by atoms with van der Waals surface area (Å²) in [5.74, 6) is 0.0140. The lowest BCUT2D eigenvalue weighted by Crippen LogP contribution is -2.40. The fourth-order valence-electron chi connectivity index (χ4n) is 2.52. The van der Waals surface area contributed by atoms with Crippen LogP contribution in [-0.4, -0.2) is 27.1 Å². The third-order valence-corrected chi connectivity index (χ3v) is 4.59. The summed E-state index contributed by atoms with van der Waals surface area (Å²) in [6.45, 7) is 2.35. The lowest BCUT2D eigenvalue weighted by atomic mass is 9.97. The molecule has 1 aromatic carbocycles. The van der Waals surface area contributed by atoms with E-state index in [4.69, 9.17) is 0 Å². The van der Waals surface area contributed by atoms with Crippen molar-refractivity contribution in [3.63, 3.8) is 0 Å². The SMILES string of the molecule is CCCC(=O)NC1CCN(S(C)(=O)=O)c2ccccc21. The van der Waals surface area contributed by atoms with Crippen LogP contribution in [0.4, 0.5) is 5.69 Å². The molecule has 0 saturated carbocycles. The summed E-state index contributed by atoms with van der Waals surface area (Å²) in [5, 5.41) is 2.99. The van der Waals surface area contributed by atoms with Crippen LogP contribution in [0.15, 0.2) is 24.3 Å². The summed E-state index contributed by atoms with van der Waals surface area (Å²) in [6, 6.07) is 7.23. The summed E-state index contributed by atoms with van der Waals surface area (Å²) < 4.78 is 25.0. The molecule has 6 heteroatoms. The standard InChI is InChI=1S/C14H20N2O3S/c1-3-6-14(17)15-12-9-10-16(20(2,18)19)13-8-5-4-7-11(12)13/h4-5,7-8,12H,3,6,9-10H2,1-2H3,(H,15,17). The van der Waals surface area contributed by atoms with Gasteiger partial charge in [-0.25, -0.2) is 8.42 Å². The van der Waals surface area contributed by atoms with Gasteiger partial charge in [0.1, 0.15) is 0 Å². The molecule has 1 aromatic rings. The first-order valence-corrected chi connectivity index (χ1v) is 8.64. The highest BCUT2D eigenvalue weighted by molar-refractivity contribution is 7.92. The van der Waals surface area contributed by atoms with Crippen molar-refractivity contribution in [2.24, 2.45) is 0 Å². The molecule has 5 nitrogen and oxygen atoms in total. The number of fused-ring (bicyclic) bond motifs is 1. The quantitative estimate of drug-likeness (QED) is 0.921. The van der Waals surface area contributed by atoms with Gasteiger partial charge >= 0.3 is 0 Å². The molecule has 1 aliphatic rings. The van der Waals surface area contributed by atoms with Crippen LogP contribution in [0.3, 0.4) is 0 Å². The zero-order valence-corrected chi connectivity index (χ0v) is 12.6. The number of hydrogen-bond donors (Lipinski definition) is 1. The Bertz CT molecular complexity index is 598. The van der Waals surface area contributed by atoms with Gasteiger partial charge < -0.3 is 5.32 Å². The van der Waals surface area contributed by atoms with Gasteiger partial charge in [-0.2, -0.15) is 0 Å². The first-order chi connectivity index (χ1) is 9.43. The number of carbonyl (C=O) groups is 1. The Labute approximate surface area is 120 Å². The number of rotatable bonds is 4. The molecular weight excluding hydrogens is 276 g/mol. The Morgan fingerprint density at radius 2 is 2.10 bits per heavy atom. The number of hydrogen-bond acceptors (Lipinski definition) is 3. The molecule has 1 N–H and O–H groups in total. The summed E-state index contributed by atoms with van der Waals surface area (Å²) in [5.41, 5.74) is 1.54. The third kappa shape index (κ3) is 3.12. The smallest absolute Gasteiger partial charge is 0.232 e. The molecule has 0 radical (unpaired) electrons. The Kier molecular flexibility index (Phi) is 4.32. The lowest BCUT2D eigenvalue weighted by Gasteiger charge is -2.34. The number of sulfonamides is 1. The van der Waals surface area contributed by atoms with Crippen molar-refractivity contribution in [3.05, 3.63) is 29.8 Å². The van der Waals surface area contributed by atoms with Crippen LogP contribution in [0.1, 0.15) is 37.8 Å². The second-order valence-corrected chi connectivity index (χ2v) is 6.96. The molecule has 1 aliphatic heterocycles. The number of nitrogens with one attached hydrogen (secondary N) is 1. The minimum Gasteiger partial charge on any atom is -0.349 e. The Morgan fingerprint density at radius 1 is 1.40 bits per heavy atom. The molecule has 20 heavy (non-hydrogen) atoms. The van der Waals surface area contributed by atoms with Crippen molar-refractivity contribution in [1.82, 2.24) is 5.32 Å². The topological polar surface area (TPSA) is 66.5 Å². The van der Waals surface area contributed by atoms with Crippen molar-refractivity contribution in [1.29, 1.82) is 0 Å². The molecule has 1 unspecified atom stereocenters. The largest absolute Gasteiger partial charge is 0.349 e. The number of para-hydroxylation sites is 1. The molecule has 0 aromatic heterocycles. The Hall–Kier alpha value is -1.56. The lowest BCUT2D eigenvalue weighted by molar-refractivity contribution is -0.121. The van der Waals surface area contributed by atoms with E-state index in [-0.39, 0.29) is 11.9 Å². The Balaban J connectivity index is 2.30. The molecule has 0 saturated heterocycles. The van der Waals surface area contributed by atoms with E-state index in [2.05, 4.69) is 5.32 Å². The Morgan fingerprint density at radius 3 is 2.75 bits per heavy atom. The highest BCUT2D eigenvalue weighted by Gasteiger charge is 2.30. The van der Waals surface area contributed by atoms with Crippen molar-refractivity contribution < 1.29 is 13.2 Å². The molecule has 1 amide bonds. The van der Waals surface area contributed by atoms with Gasteiger partial charge in [0, 0.05) is 13.0 Å². The molecule has 1 heterocycles. The number of benzene rings is 1. The maximum Gasteiger partial charge on any atom is 0.232 e. The van der Waals surface area contributed by atoms with Crippen LogP contribution in [0, 0.1) is 0 Å². The van der Waals surface area contributed by atoms with Crippen LogP contribution in [0.5, 0.6) is 0 Å². The summed E-state index contributed by atoms with van der Waals surface area (Å²) in [4.78, 5) is 11.8. The fraction of sp³-hybridized carbons (Fsp3) is 0.500. The van der Waals surface area contributed by atoms with Gasteiger partial charge in [-0.3, -0.25) is 9.10 Å². The van der Waals surface area contributed by atoms with E-state index in [0.717, 1.165) is 12.0 Å². The second-order valence-electron chi connectivity index (χ2n) is 5.05. The van der Waals surface area contributed by atoms with Crippen molar-refractivity contribution >= 4 is 21.6 Å². The van der Waals surface area contributed by atoms with Gasteiger partial charge in [0.05, 0.1) is 18.0 Å². The number of nitrogens with zero attached hydrogens (tertiary/aromatic N) is 1. The second kappa shape index (κ2) is 5.83. The highest BCUT2D eigenvalue weighted by atomic mass is 32.2. The molecule has 0 bridgehead atoms. The van der Waals surface area contributed by atoms with Gasteiger partial charge in [-0.05, 0) is 24.5 Å².